The Hall–Kier alpha value is -2.26. The summed E-state index contributed by atoms with van der Waals surface area (Å²) in [6.45, 7) is 3.53. The van der Waals surface area contributed by atoms with E-state index in [0.717, 1.165) is 5.56 Å². The number of para-hydroxylation sites is 1. The molecule has 0 N–H and O–H groups in total. The molecule has 0 aromatic heterocycles. The highest BCUT2D eigenvalue weighted by Crippen LogP contribution is 2.32. The standard InChI is InChI=1S/C19H19ClO3/c1-19(2,18(21)22-3)17(23-16-7-5-4-6-8-16)13-14-9-11-15(20)12-10-14/h4-13H,1-3H3/b17-13+. The van der Waals surface area contributed by atoms with E-state index < -0.39 is 5.41 Å². The highest BCUT2D eigenvalue weighted by atomic mass is 35.5. The maximum atomic E-state index is 12.1. The van der Waals surface area contributed by atoms with E-state index in [2.05, 4.69) is 0 Å². The number of ether oxygens (including phenoxy) is 2. The molecule has 120 valence electrons. The highest BCUT2D eigenvalue weighted by Gasteiger charge is 2.35. The Morgan fingerprint density at radius 3 is 2.22 bits per heavy atom. The van der Waals surface area contributed by atoms with Crippen molar-refractivity contribution in [1.29, 1.82) is 0 Å². The van der Waals surface area contributed by atoms with Crippen LogP contribution in [0.3, 0.4) is 0 Å². The number of rotatable bonds is 5. The molecular weight excluding hydrogens is 312 g/mol. The van der Waals surface area contributed by atoms with Crippen LogP contribution in [0.1, 0.15) is 19.4 Å². The molecule has 2 aromatic carbocycles. The average Bonchev–Trinajstić information content (AvgIpc) is 2.56. The van der Waals surface area contributed by atoms with Gasteiger partial charge in [-0.1, -0.05) is 41.9 Å². The molecule has 0 radical (unpaired) electrons. The van der Waals surface area contributed by atoms with Gasteiger partial charge in [0.2, 0.25) is 0 Å². The summed E-state index contributed by atoms with van der Waals surface area (Å²) >= 11 is 5.91. The first kappa shape index (κ1) is 17.1. The van der Waals surface area contributed by atoms with Crippen LogP contribution in [-0.2, 0) is 9.53 Å². The molecule has 0 saturated heterocycles. The van der Waals surface area contributed by atoms with Crippen molar-refractivity contribution in [2.24, 2.45) is 5.41 Å². The lowest BCUT2D eigenvalue weighted by Gasteiger charge is -2.25. The normalized spacial score (nSPS) is 11.9. The highest BCUT2D eigenvalue weighted by molar-refractivity contribution is 6.30. The zero-order chi connectivity index (χ0) is 16.9. The maximum absolute atomic E-state index is 12.1. The van der Waals surface area contributed by atoms with Gasteiger partial charge >= 0.3 is 5.97 Å². The van der Waals surface area contributed by atoms with E-state index in [4.69, 9.17) is 21.1 Å². The van der Waals surface area contributed by atoms with Gasteiger partial charge in [0.1, 0.15) is 16.9 Å². The van der Waals surface area contributed by atoms with Gasteiger partial charge in [-0.05, 0) is 49.8 Å². The molecule has 0 aliphatic rings. The van der Waals surface area contributed by atoms with E-state index >= 15 is 0 Å². The Bertz CT molecular complexity index is 688. The molecule has 2 aromatic rings. The largest absolute Gasteiger partial charge is 0.468 e. The van der Waals surface area contributed by atoms with E-state index in [9.17, 15) is 4.79 Å². The van der Waals surface area contributed by atoms with Crippen molar-refractivity contribution in [3.05, 3.63) is 70.9 Å². The van der Waals surface area contributed by atoms with Crippen molar-refractivity contribution in [2.75, 3.05) is 7.11 Å². The summed E-state index contributed by atoms with van der Waals surface area (Å²) < 4.78 is 10.9. The summed E-state index contributed by atoms with van der Waals surface area (Å²) in [6, 6.07) is 16.6. The summed E-state index contributed by atoms with van der Waals surface area (Å²) in [7, 11) is 1.37. The monoisotopic (exact) mass is 330 g/mol. The zero-order valence-corrected chi connectivity index (χ0v) is 14.1. The van der Waals surface area contributed by atoms with Gasteiger partial charge in [0.05, 0.1) is 7.11 Å². The van der Waals surface area contributed by atoms with Crippen molar-refractivity contribution in [3.8, 4) is 5.75 Å². The molecule has 0 spiro atoms. The first-order valence-corrected chi connectivity index (χ1v) is 7.60. The van der Waals surface area contributed by atoms with E-state index in [1.807, 2.05) is 48.5 Å². The molecule has 2 rings (SSSR count). The maximum Gasteiger partial charge on any atom is 0.318 e. The minimum atomic E-state index is -0.926. The molecule has 0 unspecified atom stereocenters. The summed E-state index contributed by atoms with van der Waals surface area (Å²) in [6.07, 6.45) is 1.82. The number of methoxy groups -OCH3 is 1. The minimum Gasteiger partial charge on any atom is -0.468 e. The van der Waals surface area contributed by atoms with Crippen LogP contribution in [0, 0.1) is 5.41 Å². The van der Waals surface area contributed by atoms with Crippen molar-refractivity contribution >= 4 is 23.6 Å². The number of esters is 1. The van der Waals surface area contributed by atoms with Crippen molar-refractivity contribution in [2.45, 2.75) is 13.8 Å². The second kappa shape index (κ2) is 7.34. The fourth-order valence-corrected chi connectivity index (χ4v) is 2.15. The summed E-state index contributed by atoms with van der Waals surface area (Å²) in [5.74, 6) is 0.788. The number of halogens is 1. The number of hydrogen-bond acceptors (Lipinski definition) is 3. The van der Waals surface area contributed by atoms with Gasteiger partial charge in [-0.25, -0.2) is 0 Å². The fourth-order valence-electron chi connectivity index (χ4n) is 2.02. The van der Waals surface area contributed by atoms with E-state index in [1.54, 1.807) is 26.0 Å². The van der Waals surface area contributed by atoms with Crippen LogP contribution < -0.4 is 4.74 Å². The number of benzene rings is 2. The van der Waals surface area contributed by atoms with Gasteiger partial charge in [0.25, 0.3) is 0 Å². The molecule has 3 nitrogen and oxygen atoms in total. The van der Waals surface area contributed by atoms with Crippen LogP contribution in [0.4, 0.5) is 0 Å². The van der Waals surface area contributed by atoms with Crippen LogP contribution in [0.25, 0.3) is 6.08 Å². The summed E-state index contributed by atoms with van der Waals surface area (Å²) in [4.78, 5) is 12.1. The van der Waals surface area contributed by atoms with Crippen molar-refractivity contribution in [1.82, 2.24) is 0 Å². The van der Waals surface area contributed by atoms with Gasteiger partial charge in [-0.3, -0.25) is 4.79 Å². The lowest BCUT2D eigenvalue weighted by Crippen LogP contribution is -2.30. The smallest absolute Gasteiger partial charge is 0.318 e. The third kappa shape index (κ3) is 4.36. The van der Waals surface area contributed by atoms with Crippen LogP contribution in [-0.4, -0.2) is 13.1 Å². The van der Waals surface area contributed by atoms with Crippen LogP contribution in [0.2, 0.25) is 5.02 Å². The Morgan fingerprint density at radius 2 is 1.65 bits per heavy atom. The Morgan fingerprint density at radius 1 is 1.04 bits per heavy atom. The third-order valence-corrected chi connectivity index (χ3v) is 3.70. The minimum absolute atomic E-state index is 0.367. The first-order chi connectivity index (χ1) is 10.9. The van der Waals surface area contributed by atoms with E-state index in [-0.39, 0.29) is 5.97 Å². The zero-order valence-electron chi connectivity index (χ0n) is 13.4. The van der Waals surface area contributed by atoms with Gasteiger partial charge in [-0.2, -0.15) is 0 Å². The van der Waals surface area contributed by atoms with Crippen molar-refractivity contribution in [3.63, 3.8) is 0 Å². The van der Waals surface area contributed by atoms with Gasteiger partial charge in [-0.15, -0.1) is 0 Å². The topological polar surface area (TPSA) is 35.5 Å². The molecule has 0 saturated carbocycles. The number of carbonyl (C=O) groups is 1. The van der Waals surface area contributed by atoms with Gasteiger partial charge < -0.3 is 9.47 Å². The molecule has 0 aliphatic carbocycles. The van der Waals surface area contributed by atoms with E-state index in [0.29, 0.717) is 16.5 Å². The Labute approximate surface area is 141 Å². The third-order valence-electron chi connectivity index (χ3n) is 3.45. The SMILES string of the molecule is COC(=O)C(C)(C)/C(=C\c1ccc(Cl)cc1)Oc1ccccc1. The molecule has 23 heavy (non-hydrogen) atoms. The molecule has 0 atom stereocenters. The lowest BCUT2D eigenvalue weighted by atomic mass is 9.89. The van der Waals surface area contributed by atoms with Gasteiger partial charge in [0.15, 0.2) is 0 Å². The molecule has 0 amide bonds. The number of hydrogen-bond donors (Lipinski definition) is 0. The molecule has 4 heteroatoms. The first-order valence-electron chi connectivity index (χ1n) is 7.22. The predicted octanol–water partition coefficient (Wildman–Crippen LogP) is 4.96. The Balaban J connectivity index is 2.42. The molecule has 0 heterocycles. The quantitative estimate of drug-likeness (QED) is 0.574. The Kier molecular flexibility index (Phi) is 5.45. The average molecular weight is 331 g/mol. The molecule has 0 aliphatic heterocycles. The van der Waals surface area contributed by atoms with Crippen molar-refractivity contribution < 1.29 is 14.3 Å². The van der Waals surface area contributed by atoms with E-state index in [1.165, 1.54) is 7.11 Å². The lowest BCUT2D eigenvalue weighted by molar-refractivity contribution is -0.149. The van der Waals surface area contributed by atoms with Crippen LogP contribution in [0.15, 0.2) is 60.4 Å². The van der Waals surface area contributed by atoms with Crippen LogP contribution >= 0.6 is 11.6 Å². The summed E-state index contributed by atoms with van der Waals surface area (Å²) in [5.41, 5.74) is -0.0400. The molecule has 0 fully saturated rings. The summed E-state index contributed by atoms with van der Waals surface area (Å²) in [5, 5.41) is 0.653. The molecular formula is C19H19ClO3. The fraction of sp³-hybridized carbons (Fsp3) is 0.211. The second-order valence-electron chi connectivity index (χ2n) is 5.59. The van der Waals surface area contributed by atoms with Crippen LogP contribution in [0.5, 0.6) is 5.75 Å². The van der Waals surface area contributed by atoms with Gasteiger partial charge in [0, 0.05) is 5.02 Å². The molecule has 0 bridgehead atoms. The second-order valence-corrected chi connectivity index (χ2v) is 6.03. The predicted molar refractivity (Wildman–Crippen MR) is 92.3 cm³/mol. The number of carbonyl (C=O) groups excluding carboxylic acids is 1.